The van der Waals surface area contributed by atoms with Crippen molar-refractivity contribution >= 4 is 23.4 Å². The summed E-state index contributed by atoms with van der Waals surface area (Å²) in [6.07, 6.45) is 4.17. The molecule has 0 bridgehead atoms. The van der Waals surface area contributed by atoms with Gasteiger partial charge in [0.1, 0.15) is 11.7 Å². The van der Waals surface area contributed by atoms with Gasteiger partial charge in [0.15, 0.2) is 11.4 Å². The van der Waals surface area contributed by atoms with E-state index in [1.807, 2.05) is 37.3 Å². The van der Waals surface area contributed by atoms with Gasteiger partial charge >= 0.3 is 5.97 Å². The third kappa shape index (κ3) is 3.10. The molecule has 0 aromatic heterocycles. The number of rotatable bonds is 3. The fourth-order valence-corrected chi connectivity index (χ4v) is 4.71. The van der Waals surface area contributed by atoms with Crippen molar-refractivity contribution in [1.29, 1.82) is 0 Å². The lowest BCUT2D eigenvalue weighted by Crippen LogP contribution is -2.39. The zero-order valence-corrected chi connectivity index (χ0v) is 16.8. The molecule has 0 N–H and O–H groups in total. The van der Waals surface area contributed by atoms with Crippen molar-refractivity contribution in [2.24, 2.45) is 0 Å². The molecule has 1 saturated carbocycles. The SMILES string of the molecule is COc1cccc(-c2cc(C)c(C3C(=O)OC4(CCCCC4)C3=O)cc2Cl)c1. The second-order valence-corrected chi connectivity index (χ2v) is 8.10. The molecule has 28 heavy (non-hydrogen) atoms. The van der Waals surface area contributed by atoms with Crippen LogP contribution in [0.3, 0.4) is 0 Å². The highest BCUT2D eigenvalue weighted by Gasteiger charge is 2.55. The standard InChI is InChI=1S/C23H23ClO4/c1-14-11-18(15-7-6-8-16(12-15)27-2)19(24)13-17(14)20-21(25)23(28-22(20)26)9-4-3-5-10-23/h6-8,11-13,20H,3-5,9-10H2,1-2H3. The highest BCUT2D eigenvalue weighted by molar-refractivity contribution is 6.33. The van der Waals surface area contributed by atoms with Crippen LogP contribution in [0.25, 0.3) is 11.1 Å². The lowest BCUT2D eigenvalue weighted by Gasteiger charge is -2.29. The zero-order valence-electron chi connectivity index (χ0n) is 16.1. The summed E-state index contributed by atoms with van der Waals surface area (Å²) in [6, 6.07) is 11.3. The Morgan fingerprint density at radius 2 is 1.86 bits per heavy atom. The number of ketones is 1. The molecule has 5 heteroatoms. The number of ether oxygens (including phenoxy) is 2. The Balaban J connectivity index is 1.72. The first-order chi connectivity index (χ1) is 13.4. The van der Waals surface area contributed by atoms with Crippen LogP contribution in [0.5, 0.6) is 5.75 Å². The molecule has 2 aromatic rings. The first-order valence-corrected chi connectivity index (χ1v) is 10.0. The molecule has 0 amide bonds. The van der Waals surface area contributed by atoms with Crippen LogP contribution in [0.1, 0.15) is 49.1 Å². The fourth-order valence-electron chi connectivity index (χ4n) is 4.43. The summed E-state index contributed by atoms with van der Waals surface area (Å²) in [5, 5.41) is 0.499. The van der Waals surface area contributed by atoms with Gasteiger partial charge in [0.2, 0.25) is 0 Å². The maximum absolute atomic E-state index is 13.2. The van der Waals surface area contributed by atoms with Crippen molar-refractivity contribution in [2.75, 3.05) is 7.11 Å². The summed E-state index contributed by atoms with van der Waals surface area (Å²) in [4.78, 5) is 25.8. The Hall–Kier alpha value is -2.33. The molecule has 1 heterocycles. The topological polar surface area (TPSA) is 52.6 Å². The number of carbonyl (C=O) groups is 2. The van der Waals surface area contributed by atoms with Gasteiger partial charge in [0.25, 0.3) is 0 Å². The third-order valence-corrected chi connectivity index (χ3v) is 6.26. The molecule has 1 saturated heterocycles. The van der Waals surface area contributed by atoms with Gasteiger partial charge in [0.05, 0.1) is 7.11 Å². The Morgan fingerprint density at radius 3 is 2.57 bits per heavy atom. The third-order valence-electron chi connectivity index (χ3n) is 5.95. The number of Topliss-reactive ketones (excluding diaryl/α,β-unsaturated/α-hetero) is 1. The van der Waals surface area contributed by atoms with Gasteiger partial charge in [-0.05, 0) is 73.6 Å². The number of hydrogen-bond acceptors (Lipinski definition) is 4. The van der Waals surface area contributed by atoms with E-state index in [-0.39, 0.29) is 5.78 Å². The fraction of sp³-hybridized carbons (Fsp3) is 0.391. The number of carbonyl (C=O) groups excluding carboxylic acids is 2. The summed E-state index contributed by atoms with van der Waals surface area (Å²) in [7, 11) is 1.62. The predicted octanol–water partition coefficient (Wildman–Crippen LogP) is 5.24. The molecule has 4 rings (SSSR count). The van der Waals surface area contributed by atoms with Gasteiger partial charge in [-0.25, -0.2) is 0 Å². The van der Waals surface area contributed by atoms with Crippen LogP contribution in [0.2, 0.25) is 5.02 Å². The first kappa shape index (κ1) is 19.0. The smallest absolute Gasteiger partial charge is 0.322 e. The van der Waals surface area contributed by atoms with Crippen molar-refractivity contribution in [1.82, 2.24) is 0 Å². The summed E-state index contributed by atoms with van der Waals surface area (Å²) < 4.78 is 11.0. The van der Waals surface area contributed by atoms with E-state index in [1.54, 1.807) is 13.2 Å². The number of methoxy groups -OCH3 is 1. The Morgan fingerprint density at radius 1 is 1.11 bits per heavy atom. The molecular formula is C23H23ClO4. The minimum absolute atomic E-state index is 0.106. The van der Waals surface area contributed by atoms with E-state index in [2.05, 4.69) is 0 Å². The van der Waals surface area contributed by atoms with Gasteiger partial charge in [0, 0.05) is 10.6 Å². The quantitative estimate of drug-likeness (QED) is 0.524. The normalized spacial score (nSPS) is 21.0. The lowest BCUT2D eigenvalue weighted by atomic mass is 9.77. The van der Waals surface area contributed by atoms with Crippen molar-refractivity contribution in [3.63, 3.8) is 0 Å². The largest absolute Gasteiger partial charge is 0.497 e. The average molecular weight is 399 g/mol. The van der Waals surface area contributed by atoms with Gasteiger partial charge in [-0.3, -0.25) is 9.59 Å². The van der Waals surface area contributed by atoms with Gasteiger partial charge in [-0.2, -0.15) is 0 Å². The molecule has 0 radical (unpaired) electrons. The monoisotopic (exact) mass is 398 g/mol. The summed E-state index contributed by atoms with van der Waals surface area (Å²) in [5.41, 5.74) is 2.33. The molecule has 1 unspecified atom stereocenters. The Labute approximate surface area is 169 Å². The van der Waals surface area contributed by atoms with E-state index in [0.29, 0.717) is 23.4 Å². The van der Waals surface area contributed by atoms with Crippen LogP contribution in [-0.2, 0) is 14.3 Å². The molecule has 1 atom stereocenters. The summed E-state index contributed by atoms with van der Waals surface area (Å²) >= 11 is 6.58. The number of aryl methyl sites for hydroxylation is 1. The average Bonchev–Trinajstić information content (AvgIpc) is 2.93. The van der Waals surface area contributed by atoms with Gasteiger partial charge in [-0.15, -0.1) is 0 Å². The second-order valence-electron chi connectivity index (χ2n) is 7.69. The first-order valence-electron chi connectivity index (χ1n) is 9.67. The summed E-state index contributed by atoms with van der Waals surface area (Å²) in [6.45, 7) is 1.90. The van der Waals surface area contributed by atoms with Gasteiger partial charge < -0.3 is 9.47 Å². The maximum atomic E-state index is 13.2. The van der Waals surface area contributed by atoms with Crippen LogP contribution in [-0.4, -0.2) is 24.5 Å². The van der Waals surface area contributed by atoms with E-state index in [0.717, 1.165) is 41.7 Å². The molecule has 2 aromatic carbocycles. The van der Waals surface area contributed by atoms with E-state index in [1.165, 1.54) is 0 Å². The minimum atomic E-state index is -0.926. The van der Waals surface area contributed by atoms with E-state index in [9.17, 15) is 9.59 Å². The molecule has 1 spiro atoms. The van der Waals surface area contributed by atoms with Gasteiger partial charge in [-0.1, -0.05) is 30.2 Å². The van der Waals surface area contributed by atoms with Crippen LogP contribution in [0.15, 0.2) is 36.4 Å². The molecular weight excluding hydrogens is 376 g/mol. The second kappa shape index (κ2) is 7.25. The van der Waals surface area contributed by atoms with Crippen molar-refractivity contribution in [3.05, 3.63) is 52.5 Å². The molecule has 2 aliphatic rings. The van der Waals surface area contributed by atoms with E-state index >= 15 is 0 Å². The number of hydrogen-bond donors (Lipinski definition) is 0. The zero-order chi connectivity index (χ0) is 19.9. The molecule has 4 nitrogen and oxygen atoms in total. The Bertz CT molecular complexity index is 944. The molecule has 1 aliphatic heterocycles. The van der Waals surface area contributed by atoms with E-state index in [4.69, 9.17) is 21.1 Å². The predicted molar refractivity (Wildman–Crippen MR) is 108 cm³/mol. The van der Waals surface area contributed by atoms with Crippen LogP contribution >= 0.6 is 11.6 Å². The highest BCUT2D eigenvalue weighted by atomic mass is 35.5. The molecule has 2 fully saturated rings. The molecule has 1 aliphatic carbocycles. The van der Waals surface area contributed by atoms with Crippen molar-refractivity contribution in [3.8, 4) is 16.9 Å². The van der Waals surface area contributed by atoms with Crippen LogP contribution < -0.4 is 4.74 Å². The van der Waals surface area contributed by atoms with E-state index < -0.39 is 17.5 Å². The van der Waals surface area contributed by atoms with Crippen LogP contribution in [0, 0.1) is 6.92 Å². The lowest BCUT2D eigenvalue weighted by molar-refractivity contribution is -0.154. The summed E-state index contributed by atoms with van der Waals surface area (Å²) in [5.74, 6) is -0.690. The number of halogens is 1. The van der Waals surface area contributed by atoms with Crippen molar-refractivity contribution in [2.45, 2.75) is 50.5 Å². The van der Waals surface area contributed by atoms with Crippen molar-refractivity contribution < 1.29 is 19.1 Å². The number of esters is 1. The minimum Gasteiger partial charge on any atom is -0.497 e. The highest BCUT2D eigenvalue weighted by Crippen LogP contribution is 2.45. The molecule has 146 valence electrons. The number of benzene rings is 2. The maximum Gasteiger partial charge on any atom is 0.322 e. The van der Waals surface area contributed by atoms with Crippen LogP contribution in [0.4, 0.5) is 0 Å². The Kier molecular flexibility index (Phi) is 4.92.